The van der Waals surface area contributed by atoms with E-state index < -0.39 is 0 Å². The smallest absolute Gasteiger partial charge is 0.0863 e. The molecule has 1 aromatic carbocycles. The SMILES string of the molecule is CCc1nn(CC)c(CNCc2ccc(Cl)cc2)c1Cl. The molecule has 0 radical (unpaired) electrons. The molecule has 0 atom stereocenters. The third kappa shape index (κ3) is 3.54. The highest BCUT2D eigenvalue weighted by atomic mass is 35.5. The summed E-state index contributed by atoms with van der Waals surface area (Å²) in [5, 5.41) is 9.46. The van der Waals surface area contributed by atoms with Crippen molar-refractivity contribution in [3.63, 3.8) is 0 Å². The fraction of sp³-hybridized carbons (Fsp3) is 0.400. The lowest BCUT2D eigenvalue weighted by molar-refractivity contribution is 0.577. The van der Waals surface area contributed by atoms with Crippen LogP contribution in [-0.4, -0.2) is 9.78 Å². The van der Waals surface area contributed by atoms with Crippen LogP contribution in [0.15, 0.2) is 24.3 Å². The fourth-order valence-electron chi connectivity index (χ4n) is 2.11. The Bertz CT molecular complexity index is 561. The van der Waals surface area contributed by atoms with Crippen LogP contribution in [0.1, 0.15) is 30.8 Å². The molecule has 0 bridgehead atoms. The van der Waals surface area contributed by atoms with Crippen molar-refractivity contribution in [2.75, 3.05) is 0 Å². The van der Waals surface area contributed by atoms with Crippen LogP contribution in [0.4, 0.5) is 0 Å². The molecule has 108 valence electrons. The zero-order valence-corrected chi connectivity index (χ0v) is 13.3. The molecule has 1 heterocycles. The Morgan fingerprint density at radius 3 is 2.40 bits per heavy atom. The standard InChI is InChI=1S/C15H19Cl2N3/c1-3-13-15(17)14(20(4-2)19-13)10-18-9-11-5-7-12(16)8-6-11/h5-8,18H,3-4,9-10H2,1-2H3. The predicted molar refractivity (Wildman–Crippen MR) is 84.3 cm³/mol. The van der Waals surface area contributed by atoms with Crippen molar-refractivity contribution in [2.24, 2.45) is 0 Å². The quantitative estimate of drug-likeness (QED) is 0.871. The van der Waals surface area contributed by atoms with Crippen molar-refractivity contribution in [2.45, 2.75) is 39.9 Å². The Morgan fingerprint density at radius 1 is 1.10 bits per heavy atom. The molecule has 20 heavy (non-hydrogen) atoms. The maximum Gasteiger partial charge on any atom is 0.0863 e. The number of rotatable bonds is 6. The van der Waals surface area contributed by atoms with Gasteiger partial charge in [0.1, 0.15) is 0 Å². The van der Waals surface area contributed by atoms with E-state index in [0.29, 0.717) is 6.54 Å². The van der Waals surface area contributed by atoms with Crippen LogP contribution >= 0.6 is 23.2 Å². The average Bonchev–Trinajstić information content (AvgIpc) is 2.77. The van der Waals surface area contributed by atoms with Crippen LogP contribution in [-0.2, 0) is 26.1 Å². The van der Waals surface area contributed by atoms with Crippen LogP contribution in [0, 0.1) is 0 Å². The van der Waals surface area contributed by atoms with Crippen LogP contribution in [0.5, 0.6) is 0 Å². The molecule has 0 spiro atoms. The molecule has 0 fully saturated rings. The third-order valence-corrected chi connectivity index (χ3v) is 3.92. The first-order chi connectivity index (χ1) is 9.65. The predicted octanol–water partition coefficient (Wildman–Crippen LogP) is 4.06. The van der Waals surface area contributed by atoms with E-state index in [-0.39, 0.29) is 0 Å². The number of halogens is 2. The van der Waals surface area contributed by atoms with Gasteiger partial charge in [-0.05, 0) is 31.0 Å². The number of hydrogen-bond donors (Lipinski definition) is 1. The molecule has 0 aliphatic heterocycles. The molecule has 2 aromatic rings. The molecule has 0 aliphatic rings. The molecule has 0 amide bonds. The van der Waals surface area contributed by atoms with Gasteiger partial charge in [-0.15, -0.1) is 0 Å². The summed E-state index contributed by atoms with van der Waals surface area (Å²) in [5.41, 5.74) is 3.22. The number of aromatic nitrogens is 2. The number of aryl methyl sites for hydroxylation is 2. The number of benzene rings is 1. The topological polar surface area (TPSA) is 29.9 Å². The van der Waals surface area contributed by atoms with Crippen molar-refractivity contribution < 1.29 is 0 Å². The lowest BCUT2D eigenvalue weighted by Crippen LogP contribution is -2.16. The largest absolute Gasteiger partial charge is 0.307 e. The third-order valence-electron chi connectivity index (χ3n) is 3.23. The molecular formula is C15H19Cl2N3. The van der Waals surface area contributed by atoms with Crippen LogP contribution < -0.4 is 5.32 Å². The highest BCUT2D eigenvalue weighted by Crippen LogP contribution is 2.21. The zero-order valence-electron chi connectivity index (χ0n) is 11.8. The summed E-state index contributed by atoms with van der Waals surface area (Å²) < 4.78 is 1.97. The Hall–Kier alpha value is -1.03. The Balaban J connectivity index is 2.00. The molecule has 0 aliphatic carbocycles. The van der Waals surface area contributed by atoms with E-state index in [2.05, 4.69) is 24.3 Å². The monoisotopic (exact) mass is 311 g/mol. The van der Waals surface area contributed by atoms with Gasteiger partial charge in [0.2, 0.25) is 0 Å². The van der Waals surface area contributed by atoms with Gasteiger partial charge in [0.15, 0.2) is 0 Å². The van der Waals surface area contributed by atoms with E-state index in [9.17, 15) is 0 Å². The summed E-state index contributed by atoms with van der Waals surface area (Å²) in [7, 11) is 0. The highest BCUT2D eigenvalue weighted by Gasteiger charge is 2.13. The minimum absolute atomic E-state index is 0.711. The second kappa shape index (κ2) is 7.11. The summed E-state index contributed by atoms with van der Waals surface area (Å²) in [5.74, 6) is 0. The van der Waals surface area contributed by atoms with Crippen LogP contribution in [0.25, 0.3) is 0 Å². The number of nitrogens with zero attached hydrogens (tertiary/aromatic N) is 2. The molecular weight excluding hydrogens is 293 g/mol. The Labute approximate surface area is 129 Å². The van der Waals surface area contributed by atoms with Gasteiger partial charge in [-0.2, -0.15) is 5.10 Å². The minimum Gasteiger partial charge on any atom is -0.307 e. The fourth-order valence-corrected chi connectivity index (χ4v) is 2.58. The van der Waals surface area contributed by atoms with E-state index in [1.807, 2.05) is 28.9 Å². The average molecular weight is 312 g/mol. The maximum absolute atomic E-state index is 6.37. The highest BCUT2D eigenvalue weighted by molar-refractivity contribution is 6.32. The van der Waals surface area contributed by atoms with Gasteiger partial charge in [0, 0.05) is 24.7 Å². The molecule has 3 nitrogen and oxygen atoms in total. The number of hydrogen-bond acceptors (Lipinski definition) is 2. The van der Waals surface area contributed by atoms with Crippen molar-refractivity contribution in [1.82, 2.24) is 15.1 Å². The van der Waals surface area contributed by atoms with Gasteiger partial charge in [-0.25, -0.2) is 0 Å². The normalized spacial score (nSPS) is 11.0. The Kier molecular flexibility index (Phi) is 5.46. The Morgan fingerprint density at radius 2 is 1.80 bits per heavy atom. The van der Waals surface area contributed by atoms with E-state index in [0.717, 1.165) is 40.9 Å². The molecule has 2 rings (SSSR count). The summed E-state index contributed by atoms with van der Waals surface area (Å²) in [6, 6.07) is 7.84. The number of nitrogens with one attached hydrogen (secondary N) is 1. The molecule has 0 unspecified atom stereocenters. The van der Waals surface area contributed by atoms with Crippen molar-refractivity contribution in [3.8, 4) is 0 Å². The molecule has 0 saturated carbocycles. The van der Waals surface area contributed by atoms with Crippen molar-refractivity contribution in [3.05, 3.63) is 51.3 Å². The molecule has 0 saturated heterocycles. The molecule has 1 aromatic heterocycles. The maximum atomic E-state index is 6.37. The second-order valence-electron chi connectivity index (χ2n) is 4.61. The summed E-state index contributed by atoms with van der Waals surface area (Å²) in [4.78, 5) is 0. The summed E-state index contributed by atoms with van der Waals surface area (Å²) >= 11 is 12.2. The first kappa shape index (κ1) is 15.4. The van der Waals surface area contributed by atoms with E-state index in [1.54, 1.807) is 0 Å². The van der Waals surface area contributed by atoms with Crippen LogP contribution in [0.3, 0.4) is 0 Å². The summed E-state index contributed by atoms with van der Waals surface area (Å²) in [6.45, 7) is 6.47. The van der Waals surface area contributed by atoms with E-state index in [1.165, 1.54) is 5.56 Å². The zero-order chi connectivity index (χ0) is 14.5. The first-order valence-corrected chi connectivity index (χ1v) is 7.60. The minimum atomic E-state index is 0.711. The van der Waals surface area contributed by atoms with Gasteiger partial charge < -0.3 is 5.32 Å². The van der Waals surface area contributed by atoms with E-state index >= 15 is 0 Å². The van der Waals surface area contributed by atoms with Crippen LogP contribution in [0.2, 0.25) is 10.0 Å². The van der Waals surface area contributed by atoms with Crippen molar-refractivity contribution >= 4 is 23.2 Å². The first-order valence-electron chi connectivity index (χ1n) is 6.84. The van der Waals surface area contributed by atoms with Gasteiger partial charge in [0.05, 0.1) is 16.4 Å². The van der Waals surface area contributed by atoms with E-state index in [4.69, 9.17) is 23.2 Å². The lowest BCUT2D eigenvalue weighted by Gasteiger charge is -2.07. The van der Waals surface area contributed by atoms with Gasteiger partial charge >= 0.3 is 0 Å². The lowest BCUT2D eigenvalue weighted by atomic mass is 10.2. The summed E-state index contributed by atoms with van der Waals surface area (Å²) in [6.07, 6.45) is 0.857. The van der Waals surface area contributed by atoms with Gasteiger partial charge in [0.25, 0.3) is 0 Å². The van der Waals surface area contributed by atoms with Gasteiger partial charge in [-0.3, -0.25) is 4.68 Å². The second-order valence-corrected chi connectivity index (χ2v) is 5.42. The van der Waals surface area contributed by atoms with Crippen molar-refractivity contribution in [1.29, 1.82) is 0 Å². The van der Waals surface area contributed by atoms with Gasteiger partial charge in [-0.1, -0.05) is 42.3 Å². The molecule has 1 N–H and O–H groups in total. The molecule has 5 heteroatoms.